The van der Waals surface area contributed by atoms with Crippen LogP contribution in [0.5, 0.6) is 0 Å². The number of hydrogen-bond acceptors (Lipinski definition) is 5. The minimum Gasteiger partial charge on any atom is -0.507 e. The van der Waals surface area contributed by atoms with Crippen LogP contribution in [0.15, 0.2) is 47.4 Å². The first-order valence-corrected chi connectivity index (χ1v) is 8.49. The SMILES string of the molecule is O=C1C(=O)N(CCO)C(c2cccs2)/C1=C(/O)c1ccc(Cl)cc1. The number of likely N-dealkylation sites (tertiary alicyclic amines) is 1. The van der Waals surface area contributed by atoms with Gasteiger partial charge in [-0.25, -0.2) is 0 Å². The molecule has 0 aliphatic carbocycles. The number of ketones is 1. The summed E-state index contributed by atoms with van der Waals surface area (Å²) < 4.78 is 0. The molecule has 1 atom stereocenters. The molecule has 1 aromatic carbocycles. The standard InChI is InChI=1S/C17H14ClNO4S/c18-11-5-3-10(4-6-11)15(21)13-14(12-2-1-9-24-12)19(7-8-20)17(23)16(13)22/h1-6,9,14,20-21H,7-8H2/b15-13-. The minimum absolute atomic E-state index is 0.0184. The summed E-state index contributed by atoms with van der Waals surface area (Å²) in [6, 6.07) is 9.27. The van der Waals surface area contributed by atoms with Crippen LogP contribution in [0.25, 0.3) is 5.76 Å². The van der Waals surface area contributed by atoms with Crippen LogP contribution in [0.1, 0.15) is 16.5 Å². The molecule has 1 fully saturated rings. The highest BCUT2D eigenvalue weighted by Gasteiger charge is 2.46. The molecule has 0 spiro atoms. The Hall–Kier alpha value is -2.15. The van der Waals surface area contributed by atoms with Crippen LogP contribution < -0.4 is 0 Å². The van der Waals surface area contributed by atoms with Crippen LogP contribution in [0.2, 0.25) is 5.02 Å². The number of aliphatic hydroxyl groups excluding tert-OH is 2. The summed E-state index contributed by atoms with van der Waals surface area (Å²) >= 11 is 7.23. The lowest BCUT2D eigenvalue weighted by Crippen LogP contribution is -2.31. The van der Waals surface area contributed by atoms with Crippen molar-refractivity contribution in [2.75, 3.05) is 13.2 Å². The molecule has 1 amide bonds. The van der Waals surface area contributed by atoms with E-state index in [0.717, 1.165) is 4.88 Å². The summed E-state index contributed by atoms with van der Waals surface area (Å²) in [6.07, 6.45) is 0. The van der Waals surface area contributed by atoms with Crippen molar-refractivity contribution in [2.45, 2.75) is 6.04 Å². The number of amides is 1. The number of thiophene rings is 1. The zero-order valence-corrected chi connectivity index (χ0v) is 14.0. The van der Waals surface area contributed by atoms with E-state index in [-0.39, 0.29) is 24.5 Å². The van der Waals surface area contributed by atoms with E-state index < -0.39 is 17.7 Å². The number of β-amino-alcohol motifs (C(OH)–C–C–N with tert-alkyl or cyclic N) is 1. The lowest BCUT2D eigenvalue weighted by atomic mass is 10.00. The molecular formula is C17H14ClNO4S. The second-order valence-electron chi connectivity index (χ2n) is 5.24. The fraction of sp³-hybridized carbons (Fsp3) is 0.176. The van der Waals surface area contributed by atoms with E-state index in [2.05, 4.69) is 0 Å². The smallest absolute Gasteiger partial charge is 0.295 e. The highest BCUT2D eigenvalue weighted by Crippen LogP contribution is 2.40. The Balaban J connectivity index is 2.15. The van der Waals surface area contributed by atoms with Crippen LogP contribution in [0, 0.1) is 0 Å². The highest BCUT2D eigenvalue weighted by molar-refractivity contribution is 7.10. The Bertz CT molecular complexity index is 799. The number of hydrogen-bond donors (Lipinski definition) is 2. The molecule has 1 aromatic heterocycles. The number of carbonyl (C=O) groups excluding carboxylic acids is 2. The van der Waals surface area contributed by atoms with E-state index >= 15 is 0 Å². The first-order valence-electron chi connectivity index (χ1n) is 7.23. The Morgan fingerprint density at radius 3 is 2.50 bits per heavy atom. The van der Waals surface area contributed by atoms with E-state index in [1.807, 2.05) is 5.38 Å². The van der Waals surface area contributed by atoms with E-state index in [1.165, 1.54) is 16.2 Å². The molecule has 5 nitrogen and oxygen atoms in total. The number of Topliss-reactive ketones (excluding diaryl/α,β-unsaturated/α-hetero) is 1. The van der Waals surface area contributed by atoms with E-state index in [0.29, 0.717) is 10.6 Å². The molecule has 24 heavy (non-hydrogen) atoms. The quantitative estimate of drug-likeness (QED) is 0.497. The van der Waals surface area contributed by atoms with Gasteiger partial charge in [0.05, 0.1) is 18.2 Å². The molecule has 2 aromatic rings. The van der Waals surface area contributed by atoms with Crippen molar-refractivity contribution >= 4 is 40.4 Å². The number of halogens is 1. The Morgan fingerprint density at radius 1 is 1.21 bits per heavy atom. The number of carbonyl (C=O) groups is 2. The first kappa shape index (κ1) is 16.7. The lowest BCUT2D eigenvalue weighted by molar-refractivity contribution is -0.140. The summed E-state index contributed by atoms with van der Waals surface area (Å²) in [5.74, 6) is -1.73. The third-order valence-electron chi connectivity index (χ3n) is 3.81. The second kappa shape index (κ2) is 6.76. The second-order valence-corrected chi connectivity index (χ2v) is 6.65. The number of aliphatic hydroxyl groups is 2. The van der Waals surface area contributed by atoms with E-state index in [1.54, 1.807) is 36.4 Å². The van der Waals surface area contributed by atoms with Crippen LogP contribution in [0.4, 0.5) is 0 Å². The van der Waals surface area contributed by atoms with Crippen LogP contribution in [0.3, 0.4) is 0 Å². The van der Waals surface area contributed by atoms with Gasteiger partial charge in [-0.05, 0) is 35.7 Å². The molecule has 1 unspecified atom stereocenters. The number of nitrogens with zero attached hydrogens (tertiary/aromatic N) is 1. The normalized spacial score (nSPS) is 19.9. The van der Waals surface area contributed by atoms with Gasteiger partial charge in [0.1, 0.15) is 5.76 Å². The zero-order valence-electron chi connectivity index (χ0n) is 12.5. The van der Waals surface area contributed by atoms with Gasteiger partial charge >= 0.3 is 0 Å². The molecule has 1 aliphatic heterocycles. The summed E-state index contributed by atoms with van der Waals surface area (Å²) in [4.78, 5) is 26.8. The van der Waals surface area contributed by atoms with Gasteiger partial charge in [0, 0.05) is 22.0 Å². The molecule has 2 N–H and O–H groups in total. The maximum atomic E-state index is 12.5. The number of benzene rings is 1. The zero-order chi connectivity index (χ0) is 17.3. The summed E-state index contributed by atoms with van der Waals surface area (Å²) in [5, 5.41) is 22.2. The van der Waals surface area contributed by atoms with Crippen molar-refractivity contribution in [1.29, 1.82) is 0 Å². The van der Waals surface area contributed by atoms with Gasteiger partial charge in [0.2, 0.25) is 0 Å². The van der Waals surface area contributed by atoms with Gasteiger partial charge in [-0.1, -0.05) is 17.7 Å². The molecule has 124 valence electrons. The van der Waals surface area contributed by atoms with Gasteiger partial charge in [-0.3, -0.25) is 9.59 Å². The molecule has 2 heterocycles. The first-order chi connectivity index (χ1) is 11.5. The summed E-state index contributed by atoms with van der Waals surface area (Å²) in [7, 11) is 0. The summed E-state index contributed by atoms with van der Waals surface area (Å²) in [5.41, 5.74) is 0.432. The predicted octanol–water partition coefficient (Wildman–Crippen LogP) is 2.82. The molecule has 0 saturated carbocycles. The van der Waals surface area contributed by atoms with E-state index in [9.17, 15) is 19.8 Å². The third kappa shape index (κ3) is 2.84. The molecule has 1 aliphatic rings. The maximum absolute atomic E-state index is 12.5. The van der Waals surface area contributed by atoms with Crippen LogP contribution in [-0.4, -0.2) is 40.0 Å². The Labute approximate surface area is 147 Å². The maximum Gasteiger partial charge on any atom is 0.295 e. The topological polar surface area (TPSA) is 77.8 Å². The minimum atomic E-state index is -0.755. The monoisotopic (exact) mass is 363 g/mol. The fourth-order valence-corrected chi connectivity index (χ4v) is 3.70. The molecule has 0 bridgehead atoms. The molecule has 0 radical (unpaired) electrons. The van der Waals surface area contributed by atoms with Crippen molar-refractivity contribution in [3.05, 3.63) is 62.8 Å². The molecule has 7 heteroatoms. The van der Waals surface area contributed by atoms with Crippen molar-refractivity contribution in [1.82, 2.24) is 4.90 Å². The lowest BCUT2D eigenvalue weighted by Gasteiger charge is -2.23. The van der Waals surface area contributed by atoms with Gasteiger partial charge in [-0.15, -0.1) is 11.3 Å². The highest BCUT2D eigenvalue weighted by atomic mass is 35.5. The molecular weight excluding hydrogens is 350 g/mol. The fourth-order valence-electron chi connectivity index (χ4n) is 2.72. The van der Waals surface area contributed by atoms with Crippen molar-refractivity contribution in [2.24, 2.45) is 0 Å². The van der Waals surface area contributed by atoms with E-state index in [4.69, 9.17) is 11.6 Å². The van der Waals surface area contributed by atoms with Gasteiger partial charge < -0.3 is 15.1 Å². The van der Waals surface area contributed by atoms with Gasteiger partial charge in [0.15, 0.2) is 0 Å². The largest absolute Gasteiger partial charge is 0.507 e. The number of rotatable bonds is 4. The van der Waals surface area contributed by atoms with Gasteiger partial charge in [-0.2, -0.15) is 0 Å². The summed E-state index contributed by atoms with van der Waals surface area (Å²) in [6.45, 7) is -0.250. The van der Waals surface area contributed by atoms with Gasteiger partial charge in [0.25, 0.3) is 11.7 Å². The third-order valence-corrected chi connectivity index (χ3v) is 4.99. The van der Waals surface area contributed by atoms with Crippen LogP contribution in [-0.2, 0) is 9.59 Å². The molecule has 3 rings (SSSR count). The van der Waals surface area contributed by atoms with Crippen molar-refractivity contribution in [3.63, 3.8) is 0 Å². The average Bonchev–Trinajstić information content (AvgIpc) is 3.18. The van der Waals surface area contributed by atoms with Crippen molar-refractivity contribution in [3.8, 4) is 0 Å². The Morgan fingerprint density at radius 2 is 1.92 bits per heavy atom. The van der Waals surface area contributed by atoms with Crippen molar-refractivity contribution < 1.29 is 19.8 Å². The molecule has 1 saturated heterocycles. The Kier molecular flexibility index (Phi) is 4.71. The predicted molar refractivity (Wildman–Crippen MR) is 91.9 cm³/mol. The average molecular weight is 364 g/mol. The van der Waals surface area contributed by atoms with Crippen LogP contribution >= 0.6 is 22.9 Å².